The molecule has 1 aliphatic carbocycles. The molecule has 2 heterocycles. The molecule has 0 bridgehead atoms. The molecule has 2 aromatic rings. The summed E-state index contributed by atoms with van der Waals surface area (Å²) in [5.74, 6) is 1.63. The first-order valence-corrected chi connectivity index (χ1v) is 11.0. The van der Waals surface area contributed by atoms with Crippen molar-refractivity contribution in [3.63, 3.8) is 0 Å². The minimum atomic E-state index is -2.86. The monoisotopic (exact) mass is 374 g/mol. The number of oxazole rings is 1. The van der Waals surface area contributed by atoms with Gasteiger partial charge in [0, 0.05) is 30.3 Å². The molecule has 0 radical (unpaired) electrons. The maximum Gasteiger partial charge on any atom is 0.198 e. The van der Waals surface area contributed by atoms with E-state index >= 15 is 0 Å². The molecule has 0 atom stereocenters. The highest BCUT2D eigenvalue weighted by atomic mass is 32.2. The molecule has 1 aromatic carbocycles. The van der Waals surface area contributed by atoms with Crippen LogP contribution in [0.25, 0.3) is 11.3 Å². The van der Waals surface area contributed by atoms with Crippen molar-refractivity contribution in [2.45, 2.75) is 33.6 Å². The quantitative estimate of drug-likeness (QED) is 0.819. The summed E-state index contributed by atoms with van der Waals surface area (Å²) in [4.78, 5) is 6.85. The van der Waals surface area contributed by atoms with Crippen LogP contribution in [0.3, 0.4) is 0 Å². The van der Waals surface area contributed by atoms with Gasteiger partial charge in [0.05, 0.1) is 11.5 Å². The Morgan fingerprint density at radius 1 is 1.04 bits per heavy atom. The molecule has 140 valence electrons. The van der Waals surface area contributed by atoms with Gasteiger partial charge in [-0.25, -0.2) is 13.4 Å². The van der Waals surface area contributed by atoms with Crippen LogP contribution in [-0.4, -0.2) is 38.0 Å². The van der Waals surface area contributed by atoms with Crippen molar-refractivity contribution in [2.75, 3.05) is 29.5 Å². The Kier molecular flexibility index (Phi) is 3.78. The molecule has 1 saturated heterocycles. The number of rotatable bonds is 3. The molecule has 0 unspecified atom stereocenters. The molecule has 0 N–H and O–H groups in total. The van der Waals surface area contributed by atoms with E-state index in [9.17, 15) is 8.42 Å². The largest absolute Gasteiger partial charge is 0.448 e. The zero-order valence-electron chi connectivity index (χ0n) is 15.8. The van der Waals surface area contributed by atoms with Gasteiger partial charge in [-0.15, -0.1) is 0 Å². The molecular weight excluding hydrogens is 348 g/mol. The first kappa shape index (κ1) is 17.6. The fourth-order valence-electron chi connectivity index (χ4n) is 4.18. The summed E-state index contributed by atoms with van der Waals surface area (Å²) in [5.41, 5.74) is 3.33. The van der Waals surface area contributed by atoms with Gasteiger partial charge in [-0.3, -0.25) is 0 Å². The summed E-state index contributed by atoms with van der Waals surface area (Å²) in [6.45, 7) is 10.2. The standard InChI is InChI=1S/C20H26N2O3S/c1-19(2)17(20(19,3)4)18-21-16(13-25-18)14-5-7-15(8-6-14)22-9-11-26(23,24)12-10-22/h5-8,13,17H,9-12H2,1-4H3. The summed E-state index contributed by atoms with van der Waals surface area (Å²) in [6.07, 6.45) is 1.74. The highest BCUT2D eigenvalue weighted by molar-refractivity contribution is 7.91. The zero-order valence-corrected chi connectivity index (χ0v) is 16.6. The molecule has 1 saturated carbocycles. The summed E-state index contributed by atoms with van der Waals surface area (Å²) in [7, 11) is -2.86. The van der Waals surface area contributed by atoms with E-state index in [1.54, 1.807) is 6.26 Å². The van der Waals surface area contributed by atoms with E-state index in [0.717, 1.165) is 22.8 Å². The van der Waals surface area contributed by atoms with E-state index in [1.165, 1.54) is 0 Å². The lowest BCUT2D eigenvalue weighted by molar-refractivity contribution is 0.457. The Morgan fingerprint density at radius 3 is 2.15 bits per heavy atom. The third kappa shape index (κ3) is 2.75. The van der Waals surface area contributed by atoms with Crippen LogP contribution < -0.4 is 4.90 Å². The SMILES string of the molecule is CC1(C)C(c2nc(-c3ccc(N4CCS(=O)(=O)CC4)cc3)co2)C1(C)C. The van der Waals surface area contributed by atoms with E-state index in [1.807, 2.05) is 24.3 Å². The fraction of sp³-hybridized carbons (Fsp3) is 0.550. The van der Waals surface area contributed by atoms with Gasteiger partial charge in [0.2, 0.25) is 0 Å². The van der Waals surface area contributed by atoms with Crippen molar-refractivity contribution < 1.29 is 12.8 Å². The van der Waals surface area contributed by atoms with Crippen LogP contribution in [0.4, 0.5) is 5.69 Å². The highest BCUT2D eigenvalue weighted by Gasteiger charge is 2.67. The normalized spacial score (nSPS) is 23.8. The molecule has 2 aliphatic rings. The van der Waals surface area contributed by atoms with Gasteiger partial charge >= 0.3 is 0 Å². The number of nitrogens with zero attached hydrogens (tertiary/aromatic N) is 2. The Labute approximate surface area is 155 Å². The van der Waals surface area contributed by atoms with E-state index in [4.69, 9.17) is 9.40 Å². The Hall–Kier alpha value is -1.82. The van der Waals surface area contributed by atoms with Crippen LogP contribution in [0.1, 0.15) is 39.5 Å². The average Bonchev–Trinajstić information content (AvgIpc) is 2.92. The van der Waals surface area contributed by atoms with Crippen LogP contribution in [0.15, 0.2) is 34.9 Å². The lowest BCUT2D eigenvalue weighted by atomic mass is 10.0. The number of anilines is 1. The van der Waals surface area contributed by atoms with Crippen molar-refractivity contribution in [1.82, 2.24) is 4.98 Å². The zero-order chi connectivity index (χ0) is 18.7. The molecule has 0 amide bonds. The predicted octanol–water partition coefficient (Wildman–Crippen LogP) is 3.73. The fourth-order valence-corrected chi connectivity index (χ4v) is 5.38. The number of hydrogen-bond donors (Lipinski definition) is 0. The van der Waals surface area contributed by atoms with Crippen LogP contribution >= 0.6 is 0 Å². The lowest BCUT2D eigenvalue weighted by Gasteiger charge is -2.28. The molecule has 1 aromatic heterocycles. The van der Waals surface area contributed by atoms with Gasteiger partial charge in [0.15, 0.2) is 15.7 Å². The minimum absolute atomic E-state index is 0.202. The highest BCUT2D eigenvalue weighted by Crippen LogP contribution is 2.73. The topological polar surface area (TPSA) is 63.4 Å². The smallest absolute Gasteiger partial charge is 0.198 e. The van der Waals surface area contributed by atoms with Crippen molar-refractivity contribution in [3.8, 4) is 11.3 Å². The molecule has 26 heavy (non-hydrogen) atoms. The summed E-state index contributed by atoms with van der Waals surface area (Å²) in [5, 5.41) is 0. The average molecular weight is 375 g/mol. The second-order valence-corrected chi connectivity index (χ2v) is 10.9. The molecular formula is C20H26N2O3S. The summed E-state index contributed by atoms with van der Waals surface area (Å²) >= 11 is 0. The van der Waals surface area contributed by atoms with Gasteiger partial charge in [-0.2, -0.15) is 0 Å². The third-order valence-electron chi connectivity index (χ3n) is 6.66. The maximum atomic E-state index is 11.6. The van der Waals surface area contributed by atoms with Gasteiger partial charge in [0.1, 0.15) is 12.0 Å². The predicted molar refractivity (Wildman–Crippen MR) is 103 cm³/mol. The lowest BCUT2D eigenvalue weighted by Crippen LogP contribution is -2.40. The second kappa shape index (κ2) is 5.59. The number of hydrogen-bond acceptors (Lipinski definition) is 5. The number of benzene rings is 1. The van der Waals surface area contributed by atoms with Crippen molar-refractivity contribution in [2.24, 2.45) is 10.8 Å². The molecule has 6 heteroatoms. The van der Waals surface area contributed by atoms with Gasteiger partial charge in [-0.1, -0.05) is 39.8 Å². The van der Waals surface area contributed by atoms with E-state index < -0.39 is 9.84 Å². The van der Waals surface area contributed by atoms with Crippen LogP contribution in [0.5, 0.6) is 0 Å². The third-order valence-corrected chi connectivity index (χ3v) is 8.27. The van der Waals surface area contributed by atoms with Crippen LogP contribution in [0.2, 0.25) is 0 Å². The Morgan fingerprint density at radius 2 is 1.62 bits per heavy atom. The Bertz CT molecular complexity index is 898. The molecule has 2 fully saturated rings. The van der Waals surface area contributed by atoms with Gasteiger partial charge in [-0.05, 0) is 23.0 Å². The summed E-state index contributed by atoms with van der Waals surface area (Å²) < 4.78 is 28.9. The summed E-state index contributed by atoms with van der Waals surface area (Å²) in [6, 6.07) is 8.13. The van der Waals surface area contributed by atoms with Gasteiger partial charge < -0.3 is 9.32 Å². The minimum Gasteiger partial charge on any atom is -0.448 e. The van der Waals surface area contributed by atoms with E-state index in [0.29, 0.717) is 19.0 Å². The molecule has 4 rings (SSSR count). The first-order valence-electron chi connectivity index (χ1n) is 9.13. The van der Waals surface area contributed by atoms with Crippen molar-refractivity contribution in [1.29, 1.82) is 0 Å². The van der Waals surface area contributed by atoms with Crippen molar-refractivity contribution in [3.05, 3.63) is 36.4 Å². The molecule has 0 spiro atoms. The molecule has 1 aliphatic heterocycles. The Balaban J connectivity index is 1.50. The first-order chi connectivity index (χ1) is 12.1. The second-order valence-electron chi connectivity index (χ2n) is 8.63. The van der Waals surface area contributed by atoms with Gasteiger partial charge in [0.25, 0.3) is 0 Å². The molecule has 5 nitrogen and oxygen atoms in total. The van der Waals surface area contributed by atoms with E-state index in [2.05, 4.69) is 32.6 Å². The van der Waals surface area contributed by atoms with Crippen molar-refractivity contribution >= 4 is 15.5 Å². The van der Waals surface area contributed by atoms with Crippen LogP contribution in [-0.2, 0) is 9.84 Å². The maximum absolute atomic E-state index is 11.6. The number of aromatic nitrogens is 1. The van der Waals surface area contributed by atoms with Crippen LogP contribution in [0, 0.1) is 10.8 Å². The number of sulfone groups is 1. The van der Waals surface area contributed by atoms with E-state index in [-0.39, 0.29) is 22.3 Å².